The lowest BCUT2D eigenvalue weighted by Crippen LogP contribution is -2.03. The Morgan fingerprint density at radius 1 is 1.16 bits per heavy atom. The molecule has 1 fully saturated rings. The summed E-state index contributed by atoms with van der Waals surface area (Å²) in [6, 6.07) is 7.45. The molecule has 1 aromatic carbocycles. The van der Waals surface area contributed by atoms with Gasteiger partial charge < -0.3 is 14.7 Å². The monoisotopic (exact) mass is 257 g/mol. The SMILES string of the molecule is C1CCNC1.O=c1[nH]cnc2c1oc1ccccc12. The van der Waals surface area contributed by atoms with Crippen LogP contribution in [0.5, 0.6) is 0 Å². The maximum atomic E-state index is 11.4. The molecule has 3 heterocycles. The largest absolute Gasteiger partial charge is 0.449 e. The van der Waals surface area contributed by atoms with E-state index in [-0.39, 0.29) is 11.1 Å². The van der Waals surface area contributed by atoms with Gasteiger partial charge >= 0.3 is 0 Å². The molecular weight excluding hydrogens is 242 g/mol. The lowest BCUT2D eigenvalue weighted by Gasteiger charge is -1.84. The molecule has 1 aliphatic rings. The van der Waals surface area contributed by atoms with Crippen LogP contribution < -0.4 is 10.9 Å². The summed E-state index contributed by atoms with van der Waals surface area (Å²) >= 11 is 0. The van der Waals surface area contributed by atoms with E-state index in [4.69, 9.17) is 4.42 Å². The Labute approximate surface area is 109 Å². The van der Waals surface area contributed by atoms with Gasteiger partial charge in [-0.05, 0) is 38.1 Å². The third-order valence-electron chi connectivity index (χ3n) is 3.12. The first-order valence-electron chi connectivity index (χ1n) is 6.42. The van der Waals surface area contributed by atoms with Crippen molar-refractivity contribution in [3.63, 3.8) is 0 Å². The predicted molar refractivity (Wildman–Crippen MR) is 74.2 cm³/mol. The molecule has 2 aromatic heterocycles. The highest BCUT2D eigenvalue weighted by Gasteiger charge is 2.09. The van der Waals surface area contributed by atoms with Crippen LogP contribution in [0, 0.1) is 0 Å². The van der Waals surface area contributed by atoms with E-state index in [9.17, 15) is 4.79 Å². The summed E-state index contributed by atoms with van der Waals surface area (Å²) in [5.41, 5.74) is 1.34. The molecule has 19 heavy (non-hydrogen) atoms. The van der Waals surface area contributed by atoms with Gasteiger partial charge in [-0.2, -0.15) is 0 Å². The molecule has 3 aromatic rings. The number of hydrogen-bond acceptors (Lipinski definition) is 4. The van der Waals surface area contributed by atoms with Gasteiger partial charge in [0, 0.05) is 5.39 Å². The standard InChI is InChI=1S/C10H6N2O2.C4H9N/c13-10-9-8(11-5-12-10)6-3-1-2-4-7(6)14-9;1-2-4-5-3-1/h1-5H,(H,11,12,13);5H,1-4H2. The molecule has 0 amide bonds. The number of aromatic nitrogens is 2. The molecule has 0 saturated carbocycles. The normalized spacial score (nSPS) is 14.5. The Kier molecular flexibility index (Phi) is 3.29. The van der Waals surface area contributed by atoms with Crippen molar-refractivity contribution >= 4 is 22.1 Å². The zero-order chi connectivity index (χ0) is 13.1. The minimum absolute atomic E-state index is 0.244. The average Bonchev–Trinajstić information content (AvgIpc) is 3.10. The van der Waals surface area contributed by atoms with Gasteiger partial charge in [0.2, 0.25) is 5.58 Å². The molecule has 1 saturated heterocycles. The Morgan fingerprint density at radius 3 is 2.68 bits per heavy atom. The number of aromatic amines is 1. The highest BCUT2D eigenvalue weighted by atomic mass is 16.3. The highest BCUT2D eigenvalue weighted by Crippen LogP contribution is 2.23. The lowest BCUT2D eigenvalue weighted by molar-refractivity contribution is 0.661. The van der Waals surface area contributed by atoms with Crippen molar-refractivity contribution < 1.29 is 4.42 Å². The molecule has 98 valence electrons. The van der Waals surface area contributed by atoms with Gasteiger partial charge in [-0.1, -0.05) is 12.1 Å². The van der Waals surface area contributed by atoms with Crippen molar-refractivity contribution in [3.05, 3.63) is 40.9 Å². The van der Waals surface area contributed by atoms with Crippen molar-refractivity contribution in [2.45, 2.75) is 12.8 Å². The van der Waals surface area contributed by atoms with Crippen LogP contribution in [0.3, 0.4) is 0 Å². The zero-order valence-corrected chi connectivity index (χ0v) is 10.5. The van der Waals surface area contributed by atoms with Crippen LogP contribution in [0.4, 0.5) is 0 Å². The lowest BCUT2D eigenvalue weighted by atomic mass is 10.2. The molecule has 0 atom stereocenters. The number of para-hydroxylation sites is 1. The number of nitrogens with one attached hydrogen (secondary N) is 2. The van der Waals surface area contributed by atoms with Crippen LogP contribution in [0.2, 0.25) is 0 Å². The van der Waals surface area contributed by atoms with Crippen molar-refractivity contribution in [3.8, 4) is 0 Å². The van der Waals surface area contributed by atoms with Gasteiger partial charge in [0.15, 0.2) is 0 Å². The molecule has 4 rings (SSSR count). The van der Waals surface area contributed by atoms with Gasteiger partial charge in [0.1, 0.15) is 11.1 Å². The quantitative estimate of drug-likeness (QED) is 0.646. The average molecular weight is 257 g/mol. The third kappa shape index (κ3) is 2.37. The van der Waals surface area contributed by atoms with Crippen LogP contribution >= 0.6 is 0 Å². The fourth-order valence-electron chi connectivity index (χ4n) is 2.16. The first-order chi connectivity index (χ1) is 9.36. The van der Waals surface area contributed by atoms with Gasteiger partial charge in [0.25, 0.3) is 5.56 Å². The van der Waals surface area contributed by atoms with E-state index in [0.29, 0.717) is 11.1 Å². The Bertz CT molecular complexity index is 733. The molecular formula is C14H15N3O2. The second kappa shape index (κ2) is 5.24. The number of rotatable bonds is 0. The molecule has 5 heteroatoms. The number of H-pyrrole nitrogens is 1. The maximum absolute atomic E-state index is 11.4. The number of benzene rings is 1. The molecule has 2 N–H and O–H groups in total. The molecule has 0 spiro atoms. The number of hydrogen-bond donors (Lipinski definition) is 2. The maximum Gasteiger partial charge on any atom is 0.294 e. The Balaban J connectivity index is 0.000000187. The molecule has 5 nitrogen and oxygen atoms in total. The summed E-state index contributed by atoms with van der Waals surface area (Å²) in [6.07, 6.45) is 4.16. The van der Waals surface area contributed by atoms with Gasteiger partial charge in [-0.3, -0.25) is 4.79 Å². The van der Waals surface area contributed by atoms with Crippen molar-refractivity contribution in [2.75, 3.05) is 13.1 Å². The zero-order valence-electron chi connectivity index (χ0n) is 10.5. The van der Waals surface area contributed by atoms with Crippen LogP contribution in [-0.2, 0) is 0 Å². The highest BCUT2D eigenvalue weighted by molar-refractivity contribution is 6.01. The van der Waals surface area contributed by atoms with E-state index in [2.05, 4.69) is 15.3 Å². The molecule has 1 aliphatic heterocycles. The summed E-state index contributed by atoms with van der Waals surface area (Å²) in [4.78, 5) is 17.9. The minimum Gasteiger partial charge on any atom is -0.449 e. The van der Waals surface area contributed by atoms with Crippen molar-refractivity contribution in [1.29, 1.82) is 0 Å². The molecule has 0 radical (unpaired) electrons. The van der Waals surface area contributed by atoms with Gasteiger partial charge in [0.05, 0.1) is 6.33 Å². The van der Waals surface area contributed by atoms with Crippen molar-refractivity contribution in [2.24, 2.45) is 0 Å². The van der Waals surface area contributed by atoms with E-state index in [1.165, 1.54) is 32.3 Å². The minimum atomic E-state index is -0.244. The van der Waals surface area contributed by atoms with E-state index in [1.54, 1.807) is 0 Å². The van der Waals surface area contributed by atoms with Gasteiger partial charge in [-0.15, -0.1) is 0 Å². The van der Waals surface area contributed by atoms with Crippen molar-refractivity contribution in [1.82, 2.24) is 15.3 Å². The van der Waals surface area contributed by atoms with Crippen LogP contribution in [-0.4, -0.2) is 23.1 Å². The first kappa shape index (κ1) is 11.9. The molecule has 0 bridgehead atoms. The number of furan rings is 1. The van der Waals surface area contributed by atoms with Crippen LogP contribution in [0.15, 0.2) is 39.8 Å². The number of nitrogens with zero attached hydrogens (tertiary/aromatic N) is 1. The van der Waals surface area contributed by atoms with Gasteiger partial charge in [-0.25, -0.2) is 4.98 Å². The third-order valence-corrected chi connectivity index (χ3v) is 3.12. The molecule has 0 aliphatic carbocycles. The van der Waals surface area contributed by atoms with E-state index < -0.39 is 0 Å². The second-order valence-electron chi connectivity index (χ2n) is 4.46. The second-order valence-corrected chi connectivity index (χ2v) is 4.46. The smallest absolute Gasteiger partial charge is 0.294 e. The first-order valence-corrected chi connectivity index (χ1v) is 6.42. The van der Waals surface area contributed by atoms with E-state index in [1.807, 2.05) is 24.3 Å². The Morgan fingerprint density at radius 2 is 1.95 bits per heavy atom. The summed E-state index contributed by atoms with van der Waals surface area (Å²) in [5, 5.41) is 4.09. The van der Waals surface area contributed by atoms with Crippen LogP contribution in [0.25, 0.3) is 22.1 Å². The summed E-state index contributed by atoms with van der Waals surface area (Å²) < 4.78 is 5.38. The fourth-order valence-corrected chi connectivity index (χ4v) is 2.16. The summed E-state index contributed by atoms with van der Waals surface area (Å²) in [7, 11) is 0. The topological polar surface area (TPSA) is 70.9 Å². The van der Waals surface area contributed by atoms with Crippen LogP contribution in [0.1, 0.15) is 12.8 Å². The summed E-state index contributed by atoms with van der Waals surface area (Å²) in [5.74, 6) is 0. The number of fused-ring (bicyclic) bond motifs is 3. The fraction of sp³-hybridized carbons (Fsp3) is 0.286. The van der Waals surface area contributed by atoms with E-state index in [0.717, 1.165) is 5.39 Å². The Hall–Kier alpha value is -2.14. The van der Waals surface area contributed by atoms with E-state index >= 15 is 0 Å². The molecule has 0 unspecified atom stereocenters. The summed E-state index contributed by atoms with van der Waals surface area (Å²) in [6.45, 7) is 2.50. The predicted octanol–water partition coefficient (Wildman–Crippen LogP) is 2.04.